The van der Waals surface area contributed by atoms with Crippen LogP contribution in [0.25, 0.3) is 0 Å². The lowest BCUT2D eigenvalue weighted by molar-refractivity contribution is -0.126. The molecule has 5 fully saturated rings. The van der Waals surface area contributed by atoms with Gasteiger partial charge in [0.25, 0.3) is 0 Å². The van der Waals surface area contributed by atoms with Gasteiger partial charge in [-0.1, -0.05) is 35.1 Å². The van der Waals surface area contributed by atoms with Gasteiger partial charge in [0, 0.05) is 33.1 Å². The molecular formula is C30H69N5O3S. The van der Waals surface area contributed by atoms with Crippen LogP contribution in [0, 0.1) is 0 Å². The van der Waals surface area contributed by atoms with E-state index in [1.165, 1.54) is 90.6 Å². The van der Waals surface area contributed by atoms with E-state index < -0.39 is 9.84 Å². The molecule has 0 aliphatic carbocycles. The van der Waals surface area contributed by atoms with Crippen molar-refractivity contribution in [2.45, 2.75) is 86.5 Å². The van der Waals surface area contributed by atoms with Crippen LogP contribution >= 0.6 is 0 Å². The van der Waals surface area contributed by atoms with Crippen molar-refractivity contribution in [2.24, 2.45) is 0 Å². The molecule has 0 saturated carbocycles. The van der Waals surface area contributed by atoms with Crippen molar-refractivity contribution in [1.82, 2.24) is 24.5 Å². The van der Waals surface area contributed by atoms with E-state index >= 15 is 0 Å². The van der Waals surface area contributed by atoms with Crippen molar-refractivity contribution >= 4 is 15.7 Å². The van der Waals surface area contributed by atoms with E-state index in [2.05, 4.69) is 35.8 Å². The first kappa shape index (κ1) is 42.7. The molecule has 0 aromatic carbocycles. The van der Waals surface area contributed by atoms with E-state index in [4.69, 9.17) is 0 Å². The predicted molar refractivity (Wildman–Crippen MR) is 173 cm³/mol. The molecule has 0 spiro atoms. The van der Waals surface area contributed by atoms with Gasteiger partial charge in [-0.05, 0) is 112 Å². The Morgan fingerprint density at radius 3 is 0.923 bits per heavy atom. The molecule has 1 amide bonds. The lowest BCUT2D eigenvalue weighted by Crippen LogP contribution is -2.37. The van der Waals surface area contributed by atoms with Crippen LogP contribution in [0.15, 0.2) is 0 Å². The van der Waals surface area contributed by atoms with Gasteiger partial charge in [0.2, 0.25) is 5.91 Å². The van der Waals surface area contributed by atoms with Crippen molar-refractivity contribution in [3.8, 4) is 0 Å². The number of carbonyl (C=O) groups is 1. The topological polar surface area (TPSA) is 67.4 Å². The number of sulfone groups is 1. The maximum Gasteiger partial charge on any atom is 0.222 e. The molecule has 0 radical (unpaired) electrons. The summed E-state index contributed by atoms with van der Waals surface area (Å²) in [7, 11) is 7.69. The highest BCUT2D eigenvalue weighted by atomic mass is 32.2. The van der Waals surface area contributed by atoms with Gasteiger partial charge in [0.05, 0.1) is 11.5 Å². The van der Waals surface area contributed by atoms with E-state index in [0.29, 0.717) is 30.5 Å². The molecule has 0 N–H and O–H groups in total. The zero-order valence-corrected chi connectivity index (χ0v) is 25.0. The number of rotatable bonds is 0. The molecule has 5 aliphatic rings. The molecule has 5 rings (SSSR count). The van der Waals surface area contributed by atoms with E-state index in [1.54, 1.807) is 4.90 Å². The number of carbonyl (C=O) groups excluding carboxylic acids is 1. The van der Waals surface area contributed by atoms with Crippen LogP contribution in [0.4, 0.5) is 0 Å². The Morgan fingerprint density at radius 1 is 0.462 bits per heavy atom. The van der Waals surface area contributed by atoms with Crippen LogP contribution in [-0.4, -0.2) is 144 Å². The molecular weight excluding hydrogens is 510 g/mol. The van der Waals surface area contributed by atoms with Gasteiger partial charge in [-0.2, -0.15) is 0 Å². The Hall–Kier alpha value is -0.740. The second kappa shape index (κ2) is 25.0. The molecule has 0 bridgehead atoms. The Balaban J connectivity index is -0.000000410. The minimum atomic E-state index is -2.66. The molecule has 5 aliphatic heterocycles. The normalized spacial score (nSPS) is 23.3. The Labute approximate surface area is 245 Å². The minimum absolute atomic E-state index is 0. The molecule has 9 heteroatoms. The average Bonchev–Trinajstić information content (AvgIpc) is 3.49. The molecule has 39 heavy (non-hydrogen) atoms. The van der Waals surface area contributed by atoms with Gasteiger partial charge >= 0.3 is 0 Å². The summed E-state index contributed by atoms with van der Waals surface area (Å²) < 4.78 is 21.5. The highest BCUT2D eigenvalue weighted by Gasteiger charge is 2.18. The smallest absolute Gasteiger partial charge is 0.222 e. The number of hydrogen-bond acceptors (Lipinski definition) is 7. The van der Waals surface area contributed by atoms with Crippen molar-refractivity contribution in [3.05, 3.63) is 0 Å². The van der Waals surface area contributed by atoms with Gasteiger partial charge in [0.1, 0.15) is 0 Å². The molecule has 5 saturated heterocycles. The fourth-order valence-corrected chi connectivity index (χ4v) is 5.95. The van der Waals surface area contributed by atoms with Crippen LogP contribution in [0.1, 0.15) is 86.5 Å². The van der Waals surface area contributed by atoms with Crippen LogP contribution in [0.2, 0.25) is 0 Å². The van der Waals surface area contributed by atoms with E-state index in [-0.39, 0.29) is 22.3 Å². The summed E-state index contributed by atoms with van der Waals surface area (Å²) in [5.41, 5.74) is 0. The van der Waals surface area contributed by atoms with Crippen LogP contribution in [0.5, 0.6) is 0 Å². The number of hydrogen-bond donors (Lipinski definition) is 0. The maximum atomic E-state index is 10.8. The molecule has 5 heterocycles. The molecule has 8 nitrogen and oxygen atoms in total. The summed E-state index contributed by atoms with van der Waals surface area (Å²) >= 11 is 0. The lowest BCUT2D eigenvalue weighted by atomic mass is 10.1. The summed E-state index contributed by atoms with van der Waals surface area (Å²) in [6.45, 7) is 10.3. The summed E-state index contributed by atoms with van der Waals surface area (Å²) in [6, 6.07) is 0. The van der Waals surface area contributed by atoms with Gasteiger partial charge < -0.3 is 24.5 Å². The average molecular weight is 580 g/mol. The first-order chi connectivity index (χ1) is 17.1. The van der Waals surface area contributed by atoms with Crippen molar-refractivity contribution in [3.63, 3.8) is 0 Å². The summed E-state index contributed by atoms with van der Waals surface area (Å²) in [4.78, 5) is 21.4. The fourth-order valence-electron chi connectivity index (χ4n) is 4.57. The minimum Gasteiger partial charge on any atom is -0.346 e. The molecule has 0 aromatic heterocycles. The maximum absolute atomic E-state index is 10.8. The van der Waals surface area contributed by atoms with Crippen LogP contribution in [-0.2, 0) is 14.6 Å². The molecule has 238 valence electrons. The first-order valence-electron chi connectivity index (χ1n) is 14.3. The van der Waals surface area contributed by atoms with Crippen molar-refractivity contribution in [1.29, 1.82) is 0 Å². The van der Waals surface area contributed by atoms with Gasteiger partial charge in [-0.3, -0.25) is 4.79 Å². The Kier molecular flexibility index (Phi) is 27.4. The third-order valence-corrected chi connectivity index (χ3v) is 8.98. The zero-order chi connectivity index (χ0) is 26.8. The third-order valence-electron chi connectivity index (χ3n) is 7.37. The van der Waals surface area contributed by atoms with Crippen molar-refractivity contribution in [2.75, 3.05) is 106 Å². The standard InChI is InChI=1S/2C6H13N.C5H11NO2S.C5H9NO.C5H11N.3CH4/c2*1-7-5-3-2-4-6-7;1-6-2-4-9(7,8)5-3-6;1-6-4-2-3-5(6)7;1-6-4-2-3-5-6;;;/h2*2-6H2,1H3;2-5H2,1H3;2-4H2,1H3;2-5H2,1H3;3*1H4. The van der Waals surface area contributed by atoms with Gasteiger partial charge in [-0.15, -0.1) is 0 Å². The second-order valence-corrected chi connectivity index (χ2v) is 13.4. The number of likely N-dealkylation sites (tertiary alicyclic amines) is 4. The number of amides is 1. The zero-order valence-electron chi connectivity index (χ0n) is 24.2. The lowest BCUT2D eigenvalue weighted by Gasteiger charge is -2.21. The van der Waals surface area contributed by atoms with E-state index in [0.717, 1.165) is 19.4 Å². The SMILES string of the molecule is C.C.C.CN1CCCC1.CN1CCCC1=O.CN1CCCCC1.CN1CCCCC1.CN1CCS(=O)(=O)CC1. The predicted octanol–water partition coefficient (Wildman–Crippen LogP) is 4.41. The quantitative estimate of drug-likeness (QED) is 0.421. The molecule has 0 aromatic rings. The Bertz CT molecular complexity index is 630. The molecule has 0 unspecified atom stereocenters. The second-order valence-electron chi connectivity index (χ2n) is 11.1. The van der Waals surface area contributed by atoms with Crippen LogP contribution < -0.4 is 0 Å². The number of nitrogens with zero attached hydrogens (tertiary/aromatic N) is 5. The van der Waals surface area contributed by atoms with Gasteiger partial charge in [-0.25, -0.2) is 8.42 Å². The number of piperidine rings is 2. The third kappa shape index (κ3) is 23.6. The summed E-state index contributed by atoms with van der Waals surface area (Å²) in [5, 5.41) is 0. The first-order valence-corrected chi connectivity index (χ1v) is 16.1. The summed E-state index contributed by atoms with van der Waals surface area (Å²) in [5.74, 6) is 0.965. The molecule has 0 atom stereocenters. The van der Waals surface area contributed by atoms with Gasteiger partial charge in [0.15, 0.2) is 9.84 Å². The summed E-state index contributed by atoms with van der Waals surface area (Å²) in [6.07, 6.45) is 13.2. The monoisotopic (exact) mass is 580 g/mol. The van der Waals surface area contributed by atoms with Crippen molar-refractivity contribution < 1.29 is 13.2 Å². The highest BCUT2D eigenvalue weighted by Crippen LogP contribution is 2.06. The van der Waals surface area contributed by atoms with E-state index in [9.17, 15) is 13.2 Å². The Morgan fingerprint density at radius 2 is 0.769 bits per heavy atom. The van der Waals surface area contributed by atoms with Crippen LogP contribution in [0.3, 0.4) is 0 Å². The largest absolute Gasteiger partial charge is 0.346 e. The highest BCUT2D eigenvalue weighted by molar-refractivity contribution is 7.91. The van der Waals surface area contributed by atoms with E-state index in [1.807, 2.05) is 19.0 Å². The fraction of sp³-hybridized carbons (Fsp3) is 0.967.